The Kier molecular flexibility index (Phi) is 5.63. The third-order valence-electron chi connectivity index (χ3n) is 3.62. The molecule has 0 atom stereocenters. The van der Waals surface area contributed by atoms with E-state index in [2.05, 4.69) is 16.7 Å². The van der Waals surface area contributed by atoms with E-state index in [1.54, 1.807) is 0 Å². The fraction of sp³-hybridized carbons (Fsp3) is 0.316. The van der Waals surface area contributed by atoms with Gasteiger partial charge in [-0.3, -0.25) is 0 Å². The quantitative estimate of drug-likeness (QED) is 0.816. The van der Waals surface area contributed by atoms with Crippen LogP contribution in [0, 0.1) is 27.7 Å². The molecule has 0 spiro atoms. The standard InChI is InChI=1S/C19H24N2O2/c1-13-9-14(2)11-18(10-13)23-8-7-20-19(22)21-17-6-5-15(3)16(4)12-17/h5-6,9-12H,7-8H2,1-4H3,(H2,20,21,22). The SMILES string of the molecule is Cc1cc(C)cc(OCCNC(=O)Nc2ccc(C)c(C)c2)c1. The van der Waals surface area contributed by atoms with Crippen LogP contribution in [0.25, 0.3) is 0 Å². The second-order valence-electron chi connectivity index (χ2n) is 5.85. The molecule has 2 aromatic carbocycles. The number of carbonyl (C=O) groups excluding carboxylic acids is 1. The van der Waals surface area contributed by atoms with Gasteiger partial charge < -0.3 is 15.4 Å². The molecule has 0 aliphatic carbocycles. The first-order valence-electron chi connectivity index (χ1n) is 7.77. The Morgan fingerprint density at radius 2 is 1.65 bits per heavy atom. The average molecular weight is 312 g/mol. The van der Waals surface area contributed by atoms with Crippen LogP contribution in [0.3, 0.4) is 0 Å². The first kappa shape index (κ1) is 16.9. The maximum absolute atomic E-state index is 11.9. The van der Waals surface area contributed by atoms with Gasteiger partial charge in [-0.2, -0.15) is 0 Å². The molecule has 4 heteroatoms. The minimum Gasteiger partial charge on any atom is -0.492 e. The van der Waals surface area contributed by atoms with Crippen molar-refractivity contribution in [3.63, 3.8) is 0 Å². The highest BCUT2D eigenvalue weighted by Crippen LogP contribution is 2.16. The third-order valence-corrected chi connectivity index (χ3v) is 3.62. The van der Waals surface area contributed by atoms with Crippen LogP contribution in [-0.2, 0) is 0 Å². The maximum atomic E-state index is 11.9. The number of rotatable bonds is 5. The molecule has 122 valence electrons. The average Bonchev–Trinajstić information content (AvgIpc) is 2.46. The van der Waals surface area contributed by atoms with E-state index >= 15 is 0 Å². The van der Waals surface area contributed by atoms with Crippen molar-refractivity contribution in [3.05, 3.63) is 58.7 Å². The summed E-state index contributed by atoms with van der Waals surface area (Å²) in [5.74, 6) is 0.832. The molecule has 2 aromatic rings. The van der Waals surface area contributed by atoms with Crippen LogP contribution in [-0.4, -0.2) is 19.2 Å². The Morgan fingerprint density at radius 1 is 0.957 bits per heavy atom. The molecule has 0 unspecified atom stereocenters. The summed E-state index contributed by atoms with van der Waals surface area (Å²) in [4.78, 5) is 11.9. The van der Waals surface area contributed by atoms with Crippen LogP contribution in [0.4, 0.5) is 10.5 Å². The number of benzene rings is 2. The van der Waals surface area contributed by atoms with E-state index in [1.807, 2.05) is 58.0 Å². The number of hydrogen-bond donors (Lipinski definition) is 2. The van der Waals surface area contributed by atoms with Crippen molar-refractivity contribution in [1.82, 2.24) is 5.32 Å². The lowest BCUT2D eigenvalue weighted by Crippen LogP contribution is -2.32. The van der Waals surface area contributed by atoms with Crippen LogP contribution in [0.1, 0.15) is 22.3 Å². The molecule has 23 heavy (non-hydrogen) atoms. The molecule has 2 rings (SSSR count). The van der Waals surface area contributed by atoms with E-state index in [4.69, 9.17) is 4.74 Å². The molecule has 4 nitrogen and oxygen atoms in total. The Morgan fingerprint density at radius 3 is 2.30 bits per heavy atom. The molecule has 0 aliphatic heterocycles. The van der Waals surface area contributed by atoms with Crippen molar-refractivity contribution >= 4 is 11.7 Å². The number of anilines is 1. The highest BCUT2D eigenvalue weighted by Gasteiger charge is 2.03. The molecule has 2 amide bonds. The zero-order chi connectivity index (χ0) is 16.8. The second kappa shape index (κ2) is 7.68. The number of urea groups is 1. The van der Waals surface area contributed by atoms with Gasteiger partial charge in [0.15, 0.2) is 0 Å². The number of nitrogens with one attached hydrogen (secondary N) is 2. The fourth-order valence-electron chi connectivity index (χ4n) is 2.34. The van der Waals surface area contributed by atoms with Crippen molar-refractivity contribution in [3.8, 4) is 5.75 Å². The van der Waals surface area contributed by atoms with Crippen molar-refractivity contribution in [1.29, 1.82) is 0 Å². The predicted octanol–water partition coefficient (Wildman–Crippen LogP) is 4.12. The van der Waals surface area contributed by atoms with Gasteiger partial charge in [-0.05, 0) is 74.2 Å². The molecule has 0 saturated heterocycles. The predicted molar refractivity (Wildman–Crippen MR) is 94.3 cm³/mol. The number of amides is 2. The number of hydrogen-bond acceptors (Lipinski definition) is 2. The Labute approximate surface area is 137 Å². The van der Waals surface area contributed by atoms with Gasteiger partial charge >= 0.3 is 6.03 Å². The summed E-state index contributed by atoms with van der Waals surface area (Å²) in [6, 6.07) is 11.7. The lowest BCUT2D eigenvalue weighted by molar-refractivity contribution is 0.247. The highest BCUT2D eigenvalue weighted by molar-refractivity contribution is 5.89. The Hall–Kier alpha value is -2.49. The Balaban J connectivity index is 1.75. The number of aryl methyl sites for hydroxylation is 4. The van der Waals surface area contributed by atoms with Crippen LogP contribution < -0.4 is 15.4 Å². The van der Waals surface area contributed by atoms with Crippen molar-refractivity contribution in [2.45, 2.75) is 27.7 Å². The van der Waals surface area contributed by atoms with E-state index in [0.717, 1.165) is 17.0 Å². The first-order valence-corrected chi connectivity index (χ1v) is 7.77. The molecule has 0 heterocycles. The summed E-state index contributed by atoms with van der Waals surface area (Å²) in [5.41, 5.74) is 5.49. The number of carbonyl (C=O) groups is 1. The molecule has 0 bridgehead atoms. The summed E-state index contributed by atoms with van der Waals surface area (Å²) in [6.45, 7) is 9.02. The second-order valence-corrected chi connectivity index (χ2v) is 5.85. The fourth-order valence-corrected chi connectivity index (χ4v) is 2.34. The smallest absolute Gasteiger partial charge is 0.319 e. The van der Waals surface area contributed by atoms with Crippen molar-refractivity contribution < 1.29 is 9.53 Å². The van der Waals surface area contributed by atoms with Gasteiger partial charge in [0.05, 0.1) is 6.54 Å². The molecule has 0 saturated carbocycles. The zero-order valence-corrected chi connectivity index (χ0v) is 14.2. The van der Waals surface area contributed by atoms with Crippen molar-refractivity contribution in [2.75, 3.05) is 18.5 Å². The van der Waals surface area contributed by atoms with E-state index < -0.39 is 0 Å². The van der Waals surface area contributed by atoms with Crippen LogP contribution in [0.2, 0.25) is 0 Å². The zero-order valence-electron chi connectivity index (χ0n) is 14.2. The minimum absolute atomic E-state index is 0.225. The molecular formula is C19H24N2O2. The lowest BCUT2D eigenvalue weighted by Gasteiger charge is -2.11. The van der Waals surface area contributed by atoms with Gasteiger partial charge in [0.2, 0.25) is 0 Å². The molecule has 0 aromatic heterocycles. The normalized spacial score (nSPS) is 10.3. The minimum atomic E-state index is -0.225. The summed E-state index contributed by atoms with van der Waals surface area (Å²) in [7, 11) is 0. The largest absolute Gasteiger partial charge is 0.492 e. The van der Waals surface area contributed by atoms with Gasteiger partial charge in [0, 0.05) is 5.69 Å². The van der Waals surface area contributed by atoms with E-state index in [-0.39, 0.29) is 6.03 Å². The first-order chi connectivity index (χ1) is 10.9. The Bertz CT molecular complexity index is 676. The topological polar surface area (TPSA) is 50.4 Å². The molecule has 2 N–H and O–H groups in total. The lowest BCUT2D eigenvalue weighted by atomic mass is 10.1. The molecule has 0 radical (unpaired) electrons. The van der Waals surface area contributed by atoms with Gasteiger partial charge in [-0.1, -0.05) is 12.1 Å². The summed E-state index contributed by atoms with van der Waals surface area (Å²) in [6.07, 6.45) is 0. The third kappa shape index (κ3) is 5.33. The number of ether oxygens (including phenoxy) is 1. The molecule has 0 fully saturated rings. The molecular weight excluding hydrogens is 288 g/mol. The maximum Gasteiger partial charge on any atom is 0.319 e. The summed E-state index contributed by atoms with van der Waals surface area (Å²) >= 11 is 0. The van der Waals surface area contributed by atoms with Crippen LogP contribution in [0.5, 0.6) is 5.75 Å². The van der Waals surface area contributed by atoms with E-state index in [1.165, 1.54) is 16.7 Å². The highest BCUT2D eigenvalue weighted by atomic mass is 16.5. The summed E-state index contributed by atoms with van der Waals surface area (Å²) in [5, 5.41) is 5.61. The summed E-state index contributed by atoms with van der Waals surface area (Å²) < 4.78 is 5.66. The van der Waals surface area contributed by atoms with E-state index in [9.17, 15) is 4.79 Å². The van der Waals surface area contributed by atoms with E-state index in [0.29, 0.717) is 13.2 Å². The van der Waals surface area contributed by atoms with Crippen LogP contribution >= 0.6 is 0 Å². The molecule has 0 aliphatic rings. The van der Waals surface area contributed by atoms with Gasteiger partial charge in [-0.25, -0.2) is 4.79 Å². The van der Waals surface area contributed by atoms with Crippen molar-refractivity contribution in [2.24, 2.45) is 0 Å². The van der Waals surface area contributed by atoms with Gasteiger partial charge in [-0.15, -0.1) is 0 Å². The van der Waals surface area contributed by atoms with Gasteiger partial charge in [0.25, 0.3) is 0 Å². The van der Waals surface area contributed by atoms with Gasteiger partial charge in [0.1, 0.15) is 12.4 Å². The van der Waals surface area contributed by atoms with Crippen LogP contribution in [0.15, 0.2) is 36.4 Å². The monoisotopic (exact) mass is 312 g/mol.